The number of hydrogen-bond donors (Lipinski definition) is 0. The normalized spacial score (nSPS) is 23.7. The molecular weight excluding hydrogens is 342 g/mol. The Balaban J connectivity index is 2.14. The SMILES string of the molecule is C=COC1CCC(c2c(I)ccc(F)c2C)CC1. The summed E-state index contributed by atoms with van der Waals surface area (Å²) in [4.78, 5) is 0. The average Bonchev–Trinajstić information content (AvgIpc) is 2.37. The molecule has 1 aromatic rings. The van der Waals surface area contributed by atoms with Crippen molar-refractivity contribution in [3.05, 3.63) is 45.5 Å². The van der Waals surface area contributed by atoms with Crippen molar-refractivity contribution in [2.75, 3.05) is 0 Å². The number of benzene rings is 1. The van der Waals surface area contributed by atoms with E-state index in [-0.39, 0.29) is 5.82 Å². The van der Waals surface area contributed by atoms with E-state index in [1.165, 1.54) is 15.4 Å². The van der Waals surface area contributed by atoms with E-state index in [4.69, 9.17) is 4.74 Å². The fourth-order valence-corrected chi connectivity index (χ4v) is 3.82. The highest BCUT2D eigenvalue weighted by Gasteiger charge is 2.26. The van der Waals surface area contributed by atoms with Gasteiger partial charge in [0.15, 0.2) is 0 Å². The van der Waals surface area contributed by atoms with Crippen LogP contribution >= 0.6 is 22.6 Å². The third-order valence-corrected chi connectivity index (χ3v) is 4.71. The van der Waals surface area contributed by atoms with E-state index in [9.17, 15) is 4.39 Å². The Bertz CT molecular complexity index is 436. The van der Waals surface area contributed by atoms with Crippen molar-refractivity contribution in [3.8, 4) is 0 Å². The van der Waals surface area contributed by atoms with Crippen molar-refractivity contribution in [2.45, 2.75) is 44.6 Å². The molecule has 1 aliphatic carbocycles. The molecule has 18 heavy (non-hydrogen) atoms. The van der Waals surface area contributed by atoms with Gasteiger partial charge >= 0.3 is 0 Å². The van der Waals surface area contributed by atoms with Crippen LogP contribution in [0.3, 0.4) is 0 Å². The molecule has 0 atom stereocenters. The Kier molecular flexibility index (Phi) is 4.65. The fourth-order valence-electron chi connectivity index (χ4n) is 2.79. The highest BCUT2D eigenvalue weighted by atomic mass is 127. The van der Waals surface area contributed by atoms with Gasteiger partial charge in [-0.05, 0) is 84.4 Å². The molecule has 0 unspecified atom stereocenters. The number of hydrogen-bond acceptors (Lipinski definition) is 1. The van der Waals surface area contributed by atoms with Crippen molar-refractivity contribution in [1.82, 2.24) is 0 Å². The molecule has 0 spiro atoms. The summed E-state index contributed by atoms with van der Waals surface area (Å²) in [6, 6.07) is 3.44. The Labute approximate surface area is 122 Å². The van der Waals surface area contributed by atoms with Crippen LogP contribution in [0.4, 0.5) is 4.39 Å². The van der Waals surface area contributed by atoms with Crippen LogP contribution in [-0.2, 0) is 4.74 Å². The van der Waals surface area contributed by atoms with Gasteiger partial charge in [0.25, 0.3) is 0 Å². The minimum Gasteiger partial charge on any atom is -0.499 e. The minimum atomic E-state index is -0.0881. The summed E-state index contributed by atoms with van der Waals surface area (Å²) >= 11 is 2.31. The van der Waals surface area contributed by atoms with E-state index in [1.807, 2.05) is 13.0 Å². The molecule has 0 saturated heterocycles. The van der Waals surface area contributed by atoms with Crippen LogP contribution in [0, 0.1) is 16.3 Å². The molecule has 98 valence electrons. The van der Waals surface area contributed by atoms with Gasteiger partial charge in [-0.1, -0.05) is 6.58 Å². The average molecular weight is 360 g/mol. The largest absolute Gasteiger partial charge is 0.499 e. The van der Waals surface area contributed by atoms with Crippen LogP contribution in [0.2, 0.25) is 0 Å². The molecule has 2 rings (SSSR count). The minimum absolute atomic E-state index is 0.0881. The van der Waals surface area contributed by atoms with Gasteiger partial charge in [-0.15, -0.1) is 0 Å². The van der Waals surface area contributed by atoms with Gasteiger partial charge in [-0.2, -0.15) is 0 Å². The van der Waals surface area contributed by atoms with Crippen LogP contribution < -0.4 is 0 Å². The third kappa shape index (κ3) is 2.87. The molecule has 0 N–H and O–H groups in total. The Morgan fingerprint density at radius 1 is 1.33 bits per heavy atom. The molecule has 0 heterocycles. The summed E-state index contributed by atoms with van der Waals surface area (Å²) in [6.07, 6.45) is 6.02. The van der Waals surface area contributed by atoms with Crippen LogP contribution in [0.1, 0.15) is 42.7 Å². The van der Waals surface area contributed by atoms with Crippen LogP contribution in [-0.4, -0.2) is 6.10 Å². The molecule has 1 aromatic carbocycles. The predicted molar refractivity (Wildman–Crippen MR) is 80.1 cm³/mol. The zero-order valence-electron chi connectivity index (χ0n) is 10.6. The van der Waals surface area contributed by atoms with Gasteiger partial charge in [0.1, 0.15) is 5.82 Å². The van der Waals surface area contributed by atoms with Crippen molar-refractivity contribution < 1.29 is 9.13 Å². The van der Waals surface area contributed by atoms with Crippen LogP contribution in [0.25, 0.3) is 0 Å². The first-order chi connectivity index (χ1) is 8.63. The van der Waals surface area contributed by atoms with E-state index in [1.54, 1.807) is 6.07 Å². The lowest BCUT2D eigenvalue weighted by molar-refractivity contribution is 0.100. The second-order valence-corrected chi connectivity index (χ2v) is 6.01. The molecule has 0 aromatic heterocycles. The molecule has 0 radical (unpaired) electrons. The van der Waals surface area contributed by atoms with Crippen molar-refractivity contribution in [3.63, 3.8) is 0 Å². The molecule has 1 fully saturated rings. The molecule has 3 heteroatoms. The topological polar surface area (TPSA) is 9.23 Å². The monoisotopic (exact) mass is 360 g/mol. The summed E-state index contributed by atoms with van der Waals surface area (Å²) in [7, 11) is 0. The first-order valence-electron chi connectivity index (χ1n) is 6.34. The highest BCUT2D eigenvalue weighted by Crippen LogP contribution is 2.38. The molecule has 0 bridgehead atoms. The molecule has 1 saturated carbocycles. The van der Waals surface area contributed by atoms with Gasteiger partial charge in [0, 0.05) is 3.57 Å². The van der Waals surface area contributed by atoms with Gasteiger partial charge in [-0.3, -0.25) is 0 Å². The Hall–Kier alpha value is -0.580. The summed E-state index contributed by atoms with van der Waals surface area (Å²) in [5.41, 5.74) is 2.02. The second-order valence-electron chi connectivity index (χ2n) is 4.84. The maximum atomic E-state index is 13.7. The Morgan fingerprint density at radius 3 is 2.61 bits per heavy atom. The first-order valence-corrected chi connectivity index (χ1v) is 7.42. The van der Waals surface area contributed by atoms with E-state index < -0.39 is 0 Å². The number of rotatable bonds is 3. The zero-order valence-corrected chi connectivity index (χ0v) is 12.7. The van der Waals surface area contributed by atoms with Gasteiger partial charge in [-0.25, -0.2) is 4.39 Å². The third-order valence-electron chi connectivity index (χ3n) is 3.77. The van der Waals surface area contributed by atoms with Crippen molar-refractivity contribution in [2.24, 2.45) is 0 Å². The predicted octanol–water partition coefficient (Wildman–Crippen LogP) is 4.93. The molecule has 1 aliphatic rings. The summed E-state index contributed by atoms with van der Waals surface area (Å²) in [5.74, 6) is 0.382. The summed E-state index contributed by atoms with van der Waals surface area (Å²) in [5, 5.41) is 0. The number of ether oxygens (including phenoxy) is 1. The van der Waals surface area contributed by atoms with Gasteiger partial charge in [0.2, 0.25) is 0 Å². The smallest absolute Gasteiger partial charge is 0.126 e. The van der Waals surface area contributed by atoms with Crippen LogP contribution in [0.15, 0.2) is 25.0 Å². The van der Waals surface area contributed by atoms with E-state index in [0.29, 0.717) is 12.0 Å². The van der Waals surface area contributed by atoms with E-state index in [0.717, 1.165) is 31.2 Å². The van der Waals surface area contributed by atoms with E-state index in [2.05, 4.69) is 29.2 Å². The summed E-state index contributed by atoms with van der Waals surface area (Å²) in [6.45, 7) is 5.49. The lowest BCUT2D eigenvalue weighted by Gasteiger charge is -2.29. The maximum absolute atomic E-state index is 13.7. The zero-order chi connectivity index (χ0) is 13.1. The van der Waals surface area contributed by atoms with Crippen molar-refractivity contribution in [1.29, 1.82) is 0 Å². The highest BCUT2D eigenvalue weighted by molar-refractivity contribution is 14.1. The second kappa shape index (κ2) is 6.04. The fraction of sp³-hybridized carbons (Fsp3) is 0.467. The molecule has 0 amide bonds. The van der Waals surface area contributed by atoms with Crippen molar-refractivity contribution >= 4 is 22.6 Å². The summed E-state index contributed by atoms with van der Waals surface area (Å²) < 4.78 is 20.3. The maximum Gasteiger partial charge on any atom is 0.126 e. The number of halogens is 2. The van der Waals surface area contributed by atoms with Crippen LogP contribution in [0.5, 0.6) is 0 Å². The molecule has 1 nitrogen and oxygen atoms in total. The van der Waals surface area contributed by atoms with Gasteiger partial charge < -0.3 is 4.74 Å². The first kappa shape index (κ1) is 13.8. The van der Waals surface area contributed by atoms with E-state index >= 15 is 0 Å². The quantitative estimate of drug-likeness (QED) is 0.549. The van der Waals surface area contributed by atoms with Gasteiger partial charge in [0.05, 0.1) is 12.4 Å². The molecular formula is C15H18FIO. The lowest BCUT2D eigenvalue weighted by Crippen LogP contribution is -2.20. The lowest BCUT2D eigenvalue weighted by atomic mass is 9.81. The Morgan fingerprint density at radius 2 is 2.00 bits per heavy atom. The standard InChI is InChI=1S/C15H18FIO/c1-3-18-12-6-4-11(5-7-12)15-10(2)13(16)8-9-14(15)17/h3,8-9,11-12H,1,4-7H2,2H3. The molecule has 0 aliphatic heterocycles.